The van der Waals surface area contributed by atoms with Gasteiger partial charge in [-0.1, -0.05) is 30.3 Å². The van der Waals surface area contributed by atoms with Gasteiger partial charge in [-0.2, -0.15) is 4.68 Å². The Kier molecular flexibility index (Phi) is 4.82. The maximum atomic E-state index is 13.6. The number of aromatic nitrogens is 6. The average Bonchev–Trinajstić information content (AvgIpc) is 3.28. The van der Waals surface area contributed by atoms with E-state index in [2.05, 4.69) is 40.3 Å². The first-order valence-corrected chi connectivity index (χ1v) is 13.3. The number of hydrogen-bond acceptors (Lipinski definition) is 7. The van der Waals surface area contributed by atoms with Crippen molar-refractivity contribution in [2.45, 2.75) is 31.2 Å². The predicted molar refractivity (Wildman–Crippen MR) is 146 cm³/mol. The molecule has 5 heterocycles. The number of allylic oxidation sites excluding steroid dienone is 1. The quantitative estimate of drug-likeness (QED) is 0.355. The van der Waals surface area contributed by atoms with Gasteiger partial charge in [0.1, 0.15) is 24.5 Å². The molecule has 0 spiro atoms. The molecule has 2 aromatic carbocycles. The minimum absolute atomic E-state index is 0.0802. The minimum atomic E-state index is -0.0894. The number of tetrazole rings is 1. The van der Waals surface area contributed by atoms with Crippen LogP contribution in [0.1, 0.15) is 41.8 Å². The van der Waals surface area contributed by atoms with Gasteiger partial charge in [-0.3, -0.25) is 14.4 Å². The first-order valence-electron chi connectivity index (χ1n) is 12.9. The lowest BCUT2D eigenvalue weighted by Gasteiger charge is -2.21. The van der Waals surface area contributed by atoms with E-state index in [-0.39, 0.29) is 17.5 Å². The number of aliphatic imine (C=N–C) groups is 1. The van der Waals surface area contributed by atoms with Crippen molar-refractivity contribution in [3.05, 3.63) is 99.5 Å². The van der Waals surface area contributed by atoms with Crippen LogP contribution in [0.3, 0.4) is 0 Å². The van der Waals surface area contributed by atoms with Crippen LogP contribution >= 0.6 is 11.6 Å². The van der Waals surface area contributed by atoms with E-state index in [0.717, 1.165) is 52.4 Å². The van der Waals surface area contributed by atoms with Crippen molar-refractivity contribution in [1.29, 1.82) is 0 Å². The van der Waals surface area contributed by atoms with Gasteiger partial charge < -0.3 is 4.74 Å². The molecule has 0 bridgehead atoms. The Morgan fingerprint density at radius 1 is 1.10 bits per heavy atom. The van der Waals surface area contributed by atoms with Crippen molar-refractivity contribution in [2.24, 2.45) is 10.9 Å². The lowest BCUT2D eigenvalue weighted by atomic mass is 9.95. The fraction of sp³-hybridized carbons (Fsp3) is 0.241. The van der Waals surface area contributed by atoms with Gasteiger partial charge in [0.25, 0.3) is 5.56 Å². The summed E-state index contributed by atoms with van der Waals surface area (Å²) >= 11 is 6.34. The van der Waals surface area contributed by atoms with E-state index in [4.69, 9.17) is 26.3 Å². The number of nitrogens with zero attached hydrogens (tertiary/aromatic N) is 7. The van der Waals surface area contributed by atoms with Gasteiger partial charge in [-0.25, -0.2) is 4.98 Å². The van der Waals surface area contributed by atoms with Crippen molar-refractivity contribution in [2.75, 3.05) is 6.61 Å². The SMILES string of the molecule is C=C1COc2cc(C3=CN=C(C4C5CC5c5nc(-c6cc(Cl)ccc6-n6cnnn6)cc(=O)n54)C3)ccc2C1. The number of rotatable bonds is 4. The van der Waals surface area contributed by atoms with Crippen molar-refractivity contribution in [1.82, 2.24) is 29.8 Å². The molecular weight excluding hydrogens is 514 g/mol. The zero-order valence-corrected chi connectivity index (χ0v) is 21.5. The molecule has 39 heavy (non-hydrogen) atoms. The zero-order chi connectivity index (χ0) is 26.2. The molecule has 4 aromatic rings. The lowest BCUT2D eigenvalue weighted by Crippen LogP contribution is -2.30. The minimum Gasteiger partial charge on any atom is -0.489 e. The number of halogens is 1. The summed E-state index contributed by atoms with van der Waals surface area (Å²) in [5, 5.41) is 12.0. The highest BCUT2D eigenvalue weighted by molar-refractivity contribution is 6.31. The molecule has 3 unspecified atom stereocenters. The maximum absolute atomic E-state index is 13.6. The summed E-state index contributed by atoms with van der Waals surface area (Å²) in [7, 11) is 0. The van der Waals surface area contributed by atoms with Gasteiger partial charge in [0.15, 0.2) is 0 Å². The molecule has 3 atom stereocenters. The van der Waals surface area contributed by atoms with Gasteiger partial charge in [0, 0.05) is 47.3 Å². The number of fused-ring (bicyclic) bond motifs is 4. The number of hydrogen-bond donors (Lipinski definition) is 0. The Balaban J connectivity index is 1.11. The second-order valence-corrected chi connectivity index (χ2v) is 11.0. The lowest BCUT2D eigenvalue weighted by molar-refractivity contribution is 0.332. The third-order valence-electron chi connectivity index (χ3n) is 8.07. The second-order valence-electron chi connectivity index (χ2n) is 10.6. The van der Waals surface area contributed by atoms with Crippen LogP contribution in [0.15, 0.2) is 76.9 Å². The summed E-state index contributed by atoms with van der Waals surface area (Å²) in [5.41, 5.74) is 7.38. The molecule has 1 saturated carbocycles. The van der Waals surface area contributed by atoms with Crippen molar-refractivity contribution in [3.63, 3.8) is 0 Å². The Morgan fingerprint density at radius 2 is 2.03 bits per heavy atom. The van der Waals surface area contributed by atoms with E-state index in [1.54, 1.807) is 22.9 Å². The Morgan fingerprint density at radius 3 is 2.90 bits per heavy atom. The average molecular weight is 536 g/mol. The van der Waals surface area contributed by atoms with Gasteiger partial charge >= 0.3 is 0 Å². The Hall–Kier alpha value is -4.37. The number of benzene rings is 2. The predicted octanol–water partition coefficient (Wildman–Crippen LogP) is 4.57. The van der Waals surface area contributed by atoms with Gasteiger partial charge in [-0.05, 0) is 69.3 Å². The summed E-state index contributed by atoms with van der Waals surface area (Å²) in [6, 6.07) is 13.2. The highest BCUT2D eigenvalue weighted by Gasteiger charge is 2.55. The molecular formula is C29H22ClN7O2. The van der Waals surface area contributed by atoms with Crippen LogP contribution in [0.25, 0.3) is 22.5 Å². The summed E-state index contributed by atoms with van der Waals surface area (Å²) in [6.45, 7) is 4.60. The van der Waals surface area contributed by atoms with Gasteiger partial charge in [-0.15, -0.1) is 5.10 Å². The summed E-state index contributed by atoms with van der Waals surface area (Å²) < 4.78 is 9.29. The highest BCUT2D eigenvalue weighted by atomic mass is 35.5. The van der Waals surface area contributed by atoms with E-state index in [1.807, 2.05) is 16.8 Å². The Labute approximate surface area is 228 Å². The first kappa shape index (κ1) is 22.6. The molecule has 192 valence electrons. The summed E-state index contributed by atoms with van der Waals surface area (Å²) in [4.78, 5) is 23.4. The molecule has 1 fully saturated rings. The fourth-order valence-electron chi connectivity index (χ4n) is 6.16. The molecule has 4 aliphatic rings. The maximum Gasteiger partial charge on any atom is 0.254 e. The van der Waals surface area contributed by atoms with Crippen LogP contribution in [0.5, 0.6) is 5.75 Å². The van der Waals surface area contributed by atoms with E-state index in [9.17, 15) is 4.79 Å². The van der Waals surface area contributed by atoms with Crippen LogP contribution in [0, 0.1) is 5.92 Å². The highest BCUT2D eigenvalue weighted by Crippen LogP contribution is 2.59. The van der Waals surface area contributed by atoms with Gasteiger partial charge in [0.2, 0.25) is 0 Å². The first-order chi connectivity index (χ1) is 19.0. The molecule has 3 aliphatic heterocycles. The standard InChI is InChI=1S/C29H22ClN7O2/c1-15-6-17-3-2-16(8-26(17)39-13-15)18-7-24(31-12-18)28-20-10-21(20)29-33-23(11-27(38)37(28)29)22-9-19(30)4-5-25(22)36-14-32-34-35-36/h2-5,8-9,11-12,14,20-21,28H,1,6-7,10,13H2. The molecule has 10 heteroatoms. The smallest absolute Gasteiger partial charge is 0.254 e. The fourth-order valence-corrected chi connectivity index (χ4v) is 6.33. The molecule has 0 radical (unpaired) electrons. The normalized spacial score (nSPS) is 22.5. The van der Waals surface area contributed by atoms with Crippen LogP contribution < -0.4 is 10.3 Å². The zero-order valence-electron chi connectivity index (χ0n) is 20.8. The molecule has 0 saturated heterocycles. The number of ether oxygens (including phenoxy) is 1. The monoisotopic (exact) mass is 535 g/mol. The third-order valence-corrected chi connectivity index (χ3v) is 8.31. The molecule has 8 rings (SSSR count). The summed E-state index contributed by atoms with van der Waals surface area (Å²) in [5.74, 6) is 2.31. The molecule has 2 aromatic heterocycles. The molecule has 9 nitrogen and oxygen atoms in total. The molecule has 1 aliphatic carbocycles. The van der Waals surface area contributed by atoms with Crippen LogP contribution in [-0.4, -0.2) is 42.1 Å². The van der Waals surface area contributed by atoms with Crippen molar-refractivity contribution >= 4 is 22.9 Å². The molecule has 0 N–H and O–H groups in total. The van der Waals surface area contributed by atoms with Crippen molar-refractivity contribution < 1.29 is 4.74 Å². The van der Waals surface area contributed by atoms with E-state index in [0.29, 0.717) is 40.9 Å². The van der Waals surface area contributed by atoms with Crippen LogP contribution in [0.4, 0.5) is 0 Å². The van der Waals surface area contributed by atoms with Crippen molar-refractivity contribution in [3.8, 4) is 22.7 Å². The van der Waals surface area contributed by atoms with E-state index < -0.39 is 0 Å². The Bertz CT molecular complexity index is 1820. The van der Waals surface area contributed by atoms with E-state index >= 15 is 0 Å². The van der Waals surface area contributed by atoms with Crippen LogP contribution in [0.2, 0.25) is 5.02 Å². The van der Waals surface area contributed by atoms with E-state index in [1.165, 1.54) is 6.33 Å². The topological polar surface area (TPSA) is 100 Å². The largest absolute Gasteiger partial charge is 0.489 e. The molecule has 0 amide bonds. The third kappa shape index (κ3) is 3.60. The van der Waals surface area contributed by atoms with Crippen LogP contribution in [-0.2, 0) is 6.42 Å². The second kappa shape index (κ2) is 8.31. The van der Waals surface area contributed by atoms with Gasteiger partial charge in [0.05, 0.1) is 17.4 Å². The summed E-state index contributed by atoms with van der Waals surface area (Å²) in [6.07, 6.45) is 5.99.